The highest BCUT2D eigenvalue weighted by molar-refractivity contribution is 6.31. The maximum atomic E-state index is 12.6. The van der Waals surface area contributed by atoms with Gasteiger partial charge in [0.2, 0.25) is 5.88 Å². The normalized spacial score (nSPS) is 11.2. The molecule has 0 radical (unpaired) electrons. The summed E-state index contributed by atoms with van der Waals surface area (Å²) < 4.78 is 48.5. The van der Waals surface area contributed by atoms with Crippen LogP contribution in [0.1, 0.15) is 18.9 Å². The number of hydrogen-bond acceptors (Lipinski definition) is 4. The summed E-state index contributed by atoms with van der Waals surface area (Å²) in [5.41, 5.74) is -0.957. The topological polar surface area (TPSA) is 48.4 Å². The van der Waals surface area contributed by atoms with Crippen molar-refractivity contribution in [3.05, 3.63) is 47.1 Å². The maximum absolute atomic E-state index is 12.6. The Hall–Kier alpha value is -2.28. The summed E-state index contributed by atoms with van der Waals surface area (Å²) in [4.78, 5) is 14.5. The lowest BCUT2D eigenvalue weighted by Crippen LogP contribution is -2.05. The second kappa shape index (κ2) is 7.53. The lowest BCUT2D eigenvalue weighted by molar-refractivity contribution is -0.137. The summed E-state index contributed by atoms with van der Waals surface area (Å²) in [6, 6.07) is 7.14. The third-order valence-corrected chi connectivity index (χ3v) is 3.15. The van der Waals surface area contributed by atoms with Gasteiger partial charge in [-0.1, -0.05) is 17.7 Å². The minimum atomic E-state index is -4.53. The second-order valence-electron chi connectivity index (χ2n) is 4.89. The number of benzene rings is 1. The maximum Gasteiger partial charge on any atom is 0.417 e. The number of Topliss-reactive ketones (excluding diaryl/α,β-unsaturated/α-hetero) is 1. The van der Waals surface area contributed by atoms with Crippen LogP contribution in [0.5, 0.6) is 17.4 Å². The van der Waals surface area contributed by atoms with Crippen molar-refractivity contribution < 1.29 is 27.4 Å². The molecule has 0 spiro atoms. The number of hydrogen-bond donors (Lipinski definition) is 0. The summed E-state index contributed by atoms with van der Waals surface area (Å²) in [5, 5.41) is -0.257. The first-order valence-electron chi connectivity index (χ1n) is 6.88. The van der Waals surface area contributed by atoms with E-state index >= 15 is 0 Å². The average molecular weight is 360 g/mol. The summed E-state index contributed by atoms with van der Waals surface area (Å²) in [7, 11) is 0. The number of aromatic nitrogens is 1. The van der Waals surface area contributed by atoms with Gasteiger partial charge < -0.3 is 9.47 Å². The molecule has 0 unspecified atom stereocenters. The van der Waals surface area contributed by atoms with E-state index in [1.54, 1.807) is 18.2 Å². The molecule has 128 valence electrons. The van der Waals surface area contributed by atoms with Gasteiger partial charge in [0, 0.05) is 18.7 Å². The van der Waals surface area contributed by atoms with E-state index in [-0.39, 0.29) is 29.7 Å². The van der Waals surface area contributed by atoms with E-state index in [0.717, 1.165) is 6.07 Å². The molecule has 0 bridgehead atoms. The van der Waals surface area contributed by atoms with Crippen molar-refractivity contribution in [3.63, 3.8) is 0 Å². The van der Waals surface area contributed by atoms with E-state index in [9.17, 15) is 18.0 Å². The van der Waals surface area contributed by atoms with Crippen molar-refractivity contribution in [2.24, 2.45) is 0 Å². The van der Waals surface area contributed by atoms with E-state index in [1.165, 1.54) is 13.0 Å². The molecule has 4 nitrogen and oxygen atoms in total. The van der Waals surface area contributed by atoms with E-state index in [0.29, 0.717) is 17.7 Å². The van der Waals surface area contributed by atoms with Gasteiger partial charge in [-0.3, -0.25) is 4.79 Å². The predicted molar refractivity (Wildman–Crippen MR) is 81.6 cm³/mol. The van der Waals surface area contributed by atoms with Gasteiger partial charge in [-0.15, -0.1) is 0 Å². The third kappa shape index (κ3) is 5.13. The van der Waals surface area contributed by atoms with Crippen LogP contribution in [-0.4, -0.2) is 17.4 Å². The number of carbonyl (C=O) groups is 1. The number of carbonyl (C=O) groups excluding carboxylic acids is 1. The van der Waals surface area contributed by atoms with Crippen LogP contribution in [0.25, 0.3) is 0 Å². The summed E-state index contributed by atoms with van der Waals surface area (Å²) in [6.07, 6.45) is -3.61. The Bertz CT molecular complexity index is 735. The lowest BCUT2D eigenvalue weighted by atomic mass is 10.3. The van der Waals surface area contributed by atoms with Crippen LogP contribution in [0.2, 0.25) is 5.02 Å². The van der Waals surface area contributed by atoms with Crippen molar-refractivity contribution >= 4 is 17.4 Å². The molecular formula is C16H13ClF3NO3. The molecule has 0 aliphatic carbocycles. The molecule has 1 aromatic heterocycles. The zero-order valence-corrected chi connectivity index (χ0v) is 13.3. The zero-order valence-electron chi connectivity index (χ0n) is 12.6. The Morgan fingerprint density at radius 1 is 1.25 bits per heavy atom. The second-order valence-corrected chi connectivity index (χ2v) is 5.29. The molecule has 0 N–H and O–H groups in total. The Morgan fingerprint density at radius 3 is 2.58 bits per heavy atom. The lowest BCUT2D eigenvalue weighted by Gasteiger charge is -2.11. The van der Waals surface area contributed by atoms with Crippen LogP contribution in [0.4, 0.5) is 13.2 Å². The summed E-state index contributed by atoms with van der Waals surface area (Å²) >= 11 is 5.79. The number of alkyl halides is 3. The van der Waals surface area contributed by atoms with Gasteiger partial charge in [-0.25, -0.2) is 4.98 Å². The van der Waals surface area contributed by atoms with Crippen molar-refractivity contribution in [2.45, 2.75) is 19.5 Å². The van der Waals surface area contributed by atoms with Crippen LogP contribution in [0.15, 0.2) is 36.5 Å². The number of rotatable bonds is 6. The van der Waals surface area contributed by atoms with Crippen LogP contribution < -0.4 is 9.47 Å². The molecular weight excluding hydrogens is 347 g/mol. The standard InChI is InChI=1S/C16H13ClF3NO3/c1-10(22)5-6-23-12-3-2-4-13(8-12)24-15-14(17)7-11(9-21-15)16(18,19)20/h2-4,7-9H,5-6H2,1H3. The Kier molecular flexibility index (Phi) is 5.66. The van der Waals surface area contributed by atoms with Gasteiger partial charge >= 0.3 is 6.18 Å². The monoisotopic (exact) mass is 359 g/mol. The highest BCUT2D eigenvalue weighted by atomic mass is 35.5. The molecule has 2 aromatic rings. The number of nitrogens with zero attached hydrogens (tertiary/aromatic N) is 1. The molecule has 2 rings (SSSR count). The molecule has 0 aliphatic heterocycles. The molecule has 0 saturated carbocycles. The molecule has 1 heterocycles. The fourth-order valence-corrected chi connectivity index (χ4v) is 1.91. The zero-order chi connectivity index (χ0) is 17.7. The number of halogens is 4. The fraction of sp³-hybridized carbons (Fsp3) is 0.250. The Morgan fingerprint density at radius 2 is 1.96 bits per heavy atom. The fourth-order valence-electron chi connectivity index (χ4n) is 1.71. The smallest absolute Gasteiger partial charge is 0.417 e. The van der Waals surface area contributed by atoms with E-state index in [4.69, 9.17) is 21.1 Å². The van der Waals surface area contributed by atoms with Crippen molar-refractivity contribution in [2.75, 3.05) is 6.61 Å². The van der Waals surface area contributed by atoms with Gasteiger partial charge in [0.15, 0.2) is 0 Å². The quantitative estimate of drug-likeness (QED) is 0.735. The van der Waals surface area contributed by atoms with Crippen molar-refractivity contribution in [1.82, 2.24) is 4.98 Å². The molecule has 0 amide bonds. The first kappa shape index (κ1) is 18.1. The highest BCUT2D eigenvalue weighted by Gasteiger charge is 2.31. The molecule has 8 heteroatoms. The van der Waals surface area contributed by atoms with Crippen LogP contribution >= 0.6 is 11.6 Å². The van der Waals surface area contributed by atoms with Crippen molar-refractivity contribution in [1.29, 1.82) is 0 Å². The largest absolute Gasteiger partial charge is 0.493 e. The molecule has 1 aromatic carbocycles. The molecule has 0 fully saturated rings. The van der Waals surface area contributed by atoms with Gasteiger partial charge in [-0.2, -0.15) is 13.2 Å². The molecule has 0 aliphatic rings. The molecule has 24 heavy (non-hydrogen) atoms. The SMILES string of the molecule is CC(=O)CCOc1cccc(Oc2ncc(C(F)(F)F)cc2Cl)c1. The first-order valence-corrected chi connectivity index (χ1v) is 7.26. The van der Waals surface area contributed by atoms with E-state index in [1.807, 2.05) is 0 Å². The summed E-state index contributed by atoms with van der Waals surface area (Å²) in [6.45, 7) is 1.68. The Labute approximate surface area is 141 Å². The van der Waals surface area contributed by atoms with Gasteiger partial charge in [-0.05, 0) is 25.1 Å². The number of pyridine rings is 1. The van der Waals surface area contributed by atoms with Crippen molar-refractivity contribution in [3.8, 4) is 17.4 Å². The molecule has 0 atom stereocenters. The van der Waals surface area contributed by atoms with Gasteiger partial charge in [0.25, 0.3) is 0 Å². The van der Waals surface area contributed by atoms with Crippen LogP contribution in [0, 0.1) is 0 Å². The average Bonchev–Trinajstić information content (AvgIpc) is 2.48. The van der Waals surface area contributed by atoms with Crippen LogP contribution in [0.3, 0.4) is 0 Å². The highest BCUT2D eigenvalue weighted by Crippen LogP contribution is 2.35. The van der Waals surface area contributed by atoms with Crippen LogP contribution in [-0.2, 0) is 11.0 Å². The predicted octanol–water partition coefficient (Wildman–Crippen LogP) is 4.90. The van der Waals surface area contributed by atoms with Gasteiger partial charge in [0.05, 0.1) is 12.2 Å². The van der Waals surface area contributed by atoms with Gasteiger partial charge in [0.1, 0.15) is 22.3 Å². The first-order chi connectivity index (χ1) is 11.3. The van der Waals surface area contributed by atoms with E-state index < -0.39 is 11.7 Å². The van der Waals surface area contributed by atoms with E-state index in [2.05, 4.69) is 4.98 Å². The number of ketones is 1. The summed E-state index contributed by atoms with van der Waals surface area (Å²) in [5.74, 6) is 0.606. The minimum Gasteiger partial charge on any atom is -0.493 e. The Balaban J connectivity index is 2.09. The molecule has 0 saturated heterocycles. The number of ether oxygens (including phenoxy) is 2. The minimum absolute atomic E-state index is 0.00291. The third-order valence-electron chi connectivity index (χ3n) is 2.88.